The van der Waals surface area contributed by atoms with Gasteiger partial charge in [-0.05, 0) is 24.3 Å². The quantitative estimate of drug-likeness (QED) is 0.703. The van der Waals surface area contributed by atoms with Crippen LogP contribution < -0.4 is 15.5 Å². The fraction of sp³-hybridized carbons (Fsp3) is 0.250. The number of aromatic nitrogens is 3. The lowest BCUT2D eigenvalue weighted by molar-refractivity contribution is 0.252. The van der Waals surface area contributed by atoms with E-state index in [2.05, 4.69) is 25.8 Å². The van der Waals surface area contributed by atoms with Crippen molar-refractivity contribution in [1.82, 2.24) is 20.5 Å². The Morgan fingerprint density at radius 3 is 2.68 bits per heavy atom. The highest BCUT2D eigenvalue weighted by molar-refractivity contribution is 7.07. The second-order valence-corrected chi connectivity index (χ2v) is 6.19. The number of rotatable bonds is 6. The summed E-state index contributed by atoms with van der Waals surface area (Å²) in [6.45, 7) is 0.531. The van der Waals surface area contributed by atoms with Crippen molar-refractivity contribution < 1.29 is 9.21 Å². The van der Waals surface area contributed by atoms with Gasteiger partial charge in [0, 0.05) is 43.7 Å². The van der Waals surface area contributed by atoms with Crippen LogP contribution in [0.3, 0.4) is 0 Å². The number of carbonyl (C=O) groups excluding carboxylic acids is 1. The summed E-state index contributed by atoms with van der Waals surface area (Å²) in [7, 11) is 3.66. The van der Waals surface area contributed by atoms with Gasteiger partial charge < -0.3 is 20.0 Å². The smallest absolute Gasteiger partial charge is 0.319 e. The summed E-state index contributed by atoms with van der Waals surface area (Å²) in [4.78, 5) is 17.8. The molecular formula is C16H18N6O2S. The minimum atomic E-state index is -0.254. The lowest BCUT2D eigenvalue weighted by atomic mass is 10.2. The Morgan fingerprint density at radius 2 is 2.04 bits per heavy atom. The molecule has 1 aromatic carbocycles. The molecule has 0 aliphatic heterocycles. The van der Waals surface area contributed by atoms with Crippen LogP contribution in [0, 0.1) is 0 Å². The molecule has 3 rings (SSSR count). The SMILES string of the molecule is CN(C)c1nnc(-c2ccc(NC(=O)NCCc3cscn3)cc2)o1. The Kier molecular flexibility index (Phi) is 5.24. The minimum Gasteiger partial charge on any atom is -0.403 e. The van der Waals surface area contributed by atoms with E-state index in [4.69, 9.17) is 4.42 Å². The van der Waals surface area contributed by atoms with Crippen LogP contribution in [0.5, 0.6) is 0 Å². The third-order valence-corrected chi connectivity index (χ3v) is 3.97. The van der Waals surface area contributed by atoms with E-state index in [-0.39, 0.29) is 6.03 Å². The van der Waals surface area contributed by atoms with E-state index < -0.39 is 0 Å². The highest BCUT2D eigenvalue weighted by Crippen LogP contribution is 2.22. The number of urea groups is 1. The lowest BCUT2D eigenvalue weighted by Crippen LogP contribution is -2.30. The molecule has 0 radical (unpaired) electrons. The number of benzene rings is 1. The van der Waals surface area contributed by atoms with Gasteiger partial charge >= 0.3 is 12.0 Å². The summed E-state index contributed by atoms with van der Waals surface area (Å²) >= 11 is 1.54. The maximum atomic E-state index is 11.9. The molecule has 0 aliphatic rings. The van der Waals surface area contributed by atoms with Crippen molar-refractivity contribution >= 4 is 29.1 Å². The third kappa shape index (κ3) is 4.54. The fourth-order valence-electron chi connectivity index (χ4n) is 2.05. The second kappa shape index (κ2) is 7.75. The maximum Gasteiger partial charge on any atom is 0.319 e. The Balaban J connectivity index is 1.52. The zero-order chi connectivity index (χ0) is 17.6. The summed E-state index contributed by atoms with van der Waals surface area (Å²) in [6, 6.07) is 7.40. The number of anilines is 2. The average Bonchev–Trinajstić information content (AvgIpc) is 3.27. The lowest BCUT2D eigenvalue weighted by Gasteiger charge is -2.07. The summed E-state index contributed by atoms with van der Waals surface area (Å²) in [6.07, 6.45) is 0.710. The molecule has 8 nitrogen and oxygen atoms in total. The van der Waals surface area contributed by atoms with Crippen molar-refractivity contribution in [2.45, 2.75) is 6.42 Å². The van der Waals surface area contributed by atoms with Gasteiger partial charge in [-0.3, -0.25) is 0 Å². The zero-order valence-corrected chi connectivity index (χ0v) is 14.7. The number of hydrogen-bond acceptors (Lipinski definition) is 7. The van der Waals surface area contributed by atoms with Crippen LogP contribution in [0.4, 0.5) is 16.5 Å². The average molecular weight is 358 g/mol. The highest BCUT2D eigenvalue weighted by atomic mass is 32.1. The van der Waals surface area contributed by atoms with Gasteiger partial charge in [0.25, 0.3) is 0 Å². The molecule has 2 aromatic heterocycles. The number of thiazole rings is 1. The van der Waals surface area contributed by atoms with Gasteiger partial charge in [-0.25, -0.2) is 9.78 Å². The maximum absolute atomic E-state index is 11.9. The minimum absolute atomic E-state index is 0.254. The summed E-state index contributed by atoms with van der Waals surface area (Å²) in [5.41, 5.74) is 4.23. The van der Waals surface area contributed by atoms with E-state index in [9.17, 15) is 4.79 Å². The van der Waals surface area contributed by atoms with Crippen LogP contribution in [0.1, 0.15) is 5.69 Å². The molecule has 0 saturated carbocycles. The predicted octanol–water partition coefficient (Wildman–Crippen LogP) is 2.62. The van der Waals surface area contributed by atoms with Crippen molar-refractivity contribution in [3.05, 3.63) is 40.8 Å². The first-order chi connectivity index (χ1) is 12.1. The normalized spacial score (nSPS) is 10.5. The van der Waals surface area contributed by atoms with Gasteiger partial charge in [-0.15, -0.1) is 16.4 Å². The number of nitrogens with one attached hydrogen (secondary N) is 2. The van der Waals surface area contributed by atoms with Gasteiger partial charge in [0.1, 0.15) is 0 Å². The van der Waals surface area contributed by atoms with Crippen LogP contribution in [-0.4, -0.2) is 41.9 Å². The molecule has 0 bridgehead atoms. The van der Waals surface area contributed by atoms with Gasteiger partial charge in [0.15, 0.2) is 0 Å². The number of nitrogens with zero attached hydrogens (tertiary/aromatic N) is 4. The summed E-state index contributed by atoms with van der Waals surface area (Å²) in [5, 5.41) is 15.5. The first-order valence-electron chi connectivity index (χ1n) is 7.65. The second-order valence-electron chi connectivity index (χ2n) is 5.47. The molecule has 0 spiro atoms. The summed E-state index contributed by atoms with van der Waals surface area (Å²) < 4.78 is 5.54. The van der Waals surface area contributed by atoms with Crippen molar-refractivity contribution in [3.8, 4) is 11.5 Å². The van der Waals surface area contributed by atoms with Crippen LogP contribution in [0.25, 0.3) is 11.5 Å². The standard InChI is InChI=1S/C16H18N6O2S/c1-22(2)16-21-20-14(24-16)11-3-5-12(6-4-11)19-15(23)17-8-7-13-9-25-10-18-13/h3-6,9-10H,7-8H2,1-2H3,(H2,17,19,23). The van der Waals surface area contributed by atoms with E-state index in [0.29, 0.717) is 30.6 Å². The van der Waals surface area contributed by atoms with Gasteiger partial charge in [-0.1, -0.05) is 5.10 Å². The van der Waals surface area contributed by atoms with Crippen molar-refractivity contribution in [3.63, 3.8) is 0 Å². The van der Waals surface area contributed by atoms with Crippen molar-refractivity contribution in [1.29, 1.82) is 0 Å². The van der Waals surface area contributed by atoms with Crippen LogP contribution in [-0.2, 0) is 6.42 Å². The number of carbonyl (C=O) groups is 1. The molecule has 0 unspecified atom stereocenters. The van der Waals surface area contributed by atoms with Crippen LogP contribution in [0.2, 0.25) is 0 Å². The van der Waals surface area contributed by atoms with Crippen LogP contribution in [0.15, 0.2) is 39.6 Å². The molecule has 25 heavy (non-hydrogen) atoms. The zero-order valence-electron chi connectivity index (χ0n) is 13.9. The predicted molar refractivity (Wildman–Crippen MR) is 96.9 cm³/mol. The van der Waals surface area contributed by atoms with Crippen molar-refractivity contribution in [2.24, 2.45) is 0 Å². The number of amides is 2. The summed E-state index contributed by atoms with van der Waals surface area (Å²) in [5.74, 6) is 0.433. The molecule has 0 fully saturated rings. The van der Waals surface area contributed by atoms with Crippen molar-refractivity contribution in [2.75, 3.05) is 30.9 Å². The molecule has 0 saturated heterocycles. The highest BCUT2D eigenvalue weighted by Gasteiger charge is 2.10. The monoisotopic (exact) mass is 358 g/mol. The van der Waals surface area contributed by atoms with E-state index in [1.165, 1.54) is 0 Å². The molecule has 0 aliphatic carbocycles. The molecule has 2 N–H and O–H groups in total. The first-order valence-corrected chi connectivity index (χ1v) is 8.59. The largest absolute Gasteiger partial charge is 0.403 e. The molecular weight excluding hydrogens is 340 g/mol. The first kappa shape index (κ1) is 16.9. The Bertz CT molecular complexity index is 814. The van der Waals surface area contributed by atoms with E-state index in [1.54, 1.807) is 33.9 Å². The van der Waals surface area contributed by atoms with Gasteiger partial charge in [0.05, 0.1) is 11.2 Å². The van der Waals surface area contributed by atoms with E-state index in [0.717, 1.165) is 11.3 Å². The van der Waals surface area contributed by atoms with Crippen LogP contribution >= 0.6 is 11.3 Å². The molecule has 3 aromatic rings. The topological polar surface area (TPSA) is 96.2 Å². The molecule has 2 heterocycles. The van der Waals surface area contributed by atoms with Gasteiger partial charge in [0.2, 0.25) is 5.89 Å². The molecule has 130 valence electrons. The van der Waals surface area contributed by atoms with Gasteiger partial charge in [-0.2, -0.15) is 0 Å². The van der Waals surface area contributed by atoms with E-state index >= 15 is 0 Å². The molecule has 2 amide bonds. The Hall–Kier alpha value is -2.94. The number of hydrogen-bond donors (Lipinski definition) is 2. The third-order valence-electron chi connectivity index (χ3n) is 3.34. The molecule has 9 heteroatoms. The Morgan fingerprint density at radius 1 is 1.24 bits per heavy atom. The molecule has 0 atom stereocenters. The Labute approximate surface area is 148 Å². The van der Waals surface area contributed by atoms with E-state index in [1.807, 2.05) is 31.6 Å². The fourth-order valence-corrected chi connectivity index (χ4v) is 2.64.